The van der Waals surface area contributed by atoms with E-state index in [0.717, 1.165) is 5.69 Å². The Kier molecular flexibility index (Phi) is 3.51. The highest BCUT2D eigenvalue weighted by Gasteiger charge is 2.13. The fourth-order valence-corrected chi connectivity index (χ4v) is 4.97. The van der Waals surface area contributed by atoms with Gasteiger partial charge in [0.2, 0.25) is 0 Å². The zero-order valence-corrected chi connectivity index (χ0v) is 15.0. The Morgan fingerprint density at radius 3 is 1.77 bits per heavy atom. The second-order valence-electron chi connectivity index (χ2n) is 6.46. The SMILES string of the molecule is Nc1cccc(-c2cccc3c2sc2c(-c4ccccc4)cccc23)c1. The standard InChI is InChI=1S/C24H17NS/c25-18-10-4-9-17(15-18)20-12-6-14-22-21-13-5-11-19(23(21)26-24(20)22)16-7-2-1-3-8-16/h1-15H,25H2. The van der Waals surface area contributed by atoms with E-state index < -0.39 is 0 Å². The van der Waals surface area contributed by atoms with Gasteiger partial charge in [0.05, 0.1) is 0 Å². The van der Waals surface area contributed by atoms with Crippen LogP contribution in [-0.4, -0.2) is 0 Å². The smallest absolute Gasteiger partial charge is 0.0434 e. The summed E-state index contributed by atoms with van der Waals surface area (Å²) in [6.07, 6.45) is 0. The van der Waals surface area contributed by atoms with Crippen molar-refractivity contribution < 1.29 is 0 Å². The van der Waals surface area contributed by atoms with Crippen LogP contribution in [0.1, 0.15) is 0 Å². The highest BCUT2D eigenvalue weighted by molar-refractivity contribution is 7.26. The first kappa shape index (κ1) is 15.2. The molecule has 0 atom stereocenters. The summed E-state index contributed by atoms with van der Waals surface area (Å²) in [6.45, 7) is 0. The first-order chi connectivity index (χ1) is 12.8. The predicted octanol–water partition coefficient (Wildman–Crippen LogP) is 6.97. The Morgan fingerprint density at radius 2 is 1.12 bits per heavy atom. The van der Waals surface area contributed by atoms with E-state index in [0.29, 0.717) is 0 Å². The van der Waals surface area contributed by atoms with E-state index >= 15 is 0 Å². The molecule has 4 aromatic carbocycles. The van der Waals surface area contributed by atoms with Gasteiger partial charge in [0, 0.05) is 25.9 Å². The molecule has 0 bridgehead atoms. The van der Waals surface area contributed by atoms with E-state index in [9.17, 15) is 0 Å². The highest BCUT2D eigenvalue weighted by Crippen LogP contribution is 2.43. The molecule has 0 saturated heterocycles. The summed E-state index contributed by atoms with van der Waals surface area (Å²) >= 11 is 1.87. The molecule has 1 heterocycles. The summed E-state index contributed by atoms with van der Waals surface area (Å²) in [5.74, 6) is 0. The molecule has 5 rings (SSSR count). The van der Waals surface area contributed by atoms with Crippen LogP contribution in [0.3, 0.4) is 0 Å². The monoisotopic (exact) mass is 351 g/mol. The number of nitrogen functional groups attached to an aromatic ring is 1. The lowest BCUT2D eigenvalue weighted by atomic mass is 10.00. The molecule has 1 aromatic heterocycles. The molecule has 2 heteroatoms. The zero-order chi connectivity index (χ0) is 17.5. The van der Waals surface area contributed by atoms with Crippen LogP contribution < -0.4 is 5.73 Å². The maximum absolute atomic E-state index is 6.02. The number of hydrogen-bond donors (Lipinski definition) is 1. The summed E-state index contributed by atoms with van der Waals surface area (Å²) < 4.78 is 2.65. The van der Waals surface area contributed by atoms with E-state index in [-0.39, 0.29) is 0 Å². The lowest BCUT2D eigenvalue weighted by Crippen LogP contribution is -1.85. The summed E-state index contributed by atoms with van der Waals surface area (Å²) in [5.41, 5.74) is 11.8. The minimum atomic E-state index is 0.797. The van der Waals surface area contributed by atoms with Crippen LogP contribution >= 0.6 is 11.3 Å². The third-order valence-corrected chi connectivity index (χ3v) is 6.09. The molecule has 124 valence electrons. The molecule has 0 unspecified atom stereocenters. The van der Waals surface area contributed by atoms with Crippen LogP contribution in [0.15, 0.2) is 91.0 Å². The maximum Gasteiger partial charge on any atom is 0.0434 e. The minimum absolute atomic E-state index is 0.797. The Hall–Kier alpha value is -3.10. The molecule has 0 aliphatic carbocycles. The number of rotatable bonds is 2. The number of anilines is 1. The molecule has 5 aromatic rings. The molecule has 0 fully saturated rings. The van der Waals surface area contributed by atoms with E-state index in [1.807, 2.05) is 23.5 Å². The van der Waals surface area contributed by atoms with Gasteiger partial charge in [-0.15, -0.1) is 11.3 Å². The Balaban J connectivity index is 1.84. The molecule has 26 heavy (non-hydrogen) atoms. The quantitative estimate of drug-likeness (QED) is 0.341. The lowest BCUT2D eigenvalue weighted by molar-refractivity contribution is 1.66. The van der Waals surface area contributed by atoms with E-state index in [2.05, 4.69) is 78.9 Å². The van der Waals surface area contributed by atoms with Crippen molar-refractivity contribution in [1.82, 2.24) is 0 Å². The molecule has 1 nitrogen and oxygen atoms in total. The summed E-state index contributed by atoms with van der Waals surface area (Å²) in [6, 6.07) is 31.9. The van der Waals surface area contributed by atoms with Gasteiger partial charge in [-0.2, -0.15) is 0 Å². The third-order valence-electron chi connectivity index (χ3n) is 4.81. The van der Waals surface area contributed by atoms with Crippen LogP contribution in [0.4, 0.5) is 5.69 Å². The molecular formula is C24H17NS. The van der Waals surface area contributed by atoms with Crippen molar-refractivity contribution in [1.29, 1.82) is 0 Å². The number of hydrogen-bond acceptors (Lipinski definition) is 2. The number of fused-ring (bicyclic) bond motifs is 3. The number of nitrogens with two attached hydrogens (primary N) is 1. The topological polar surface area (TPSA) is 26.0 Å². The van der Waals surface area contributed by atoms with Gasteiger partial charge in [-0.1, -0.05) is 78.9 Å². The minimum Gasteiger partial charge on any atom is -0.399 e. The van der Waals surface area contributed by atoms with Crippen molar-refractivity contribution in [3.05, 3.63) is 91.0 Å². The molecule has 0 aliphatic rings. The van der Waals surface area contributed by atoms with Gasteiger partial charge in [0.25, 0.3) is 0 Å². The highest BCUT2D eigenvalue weighted by atomic mass is 32.1. The van der Waals surface area contributed by atoms with Crippen LogP contribution in [-0.2, 0) is 0 Å². The Labute approximate surface area is 156 Å². The second kappa shape index (κ2) is 6.01. The second-order valence-corrected chi connectivity index (χ2v) is 7.48. The normalized spacial score (nSPS) is 11.2. The fraction of sp³-hybridized carbons (Fsp3) is 0. The summed E-state index contributed by atoms with van der Waals surface area (Å²) in [7, 11) is 0. The zero-order valence-electron chi connectivity index (χ0n) is 14.1. The Bertz CT molecular complexity index is 1240. The van der Waals surface area contributed by atoms with E-state index in [1.54, 1.807) is 0 Å². The van der Waals surface area contributed by atoms with Crippen molar-refractivity contribution in [2.45, 2.75) is 0 Å². The van der Waals surface area contributed by atoms with Gasteiger partial charge < -0.3 is 5.73 Å². The van der Waals surface area contributed by atoms with Crippen LogP contribution in [0, 0.1) is 0 Å². The van der Waals surface area contributed by atoms with Crippen molar-refractivity contribution in [3.63, 3.8) is 0 Å². The number of benzene rings is 4. The molecular weight excluding hydrogens is 334 g/mol. The van der Waals surface area contributed by atoms with Gasteiger partial charge in [0.1, 0.15) is 0 Å². The van der Waals surface area contributed by atoms with Crippen LogP contribution in [0.5, 0.6) is 0 Å². The van der Waals surface area contributed by atoms with Crippen molar-refractivity contribution in [2.24, 2.45) is 0 Å². The van der Waals surface area contributed by atoms with Gasteiger partial charge in [0.15, 0.2) is 0 Å². The van der Waals surface area contributed by atoms with Crippen molar-refractivity contribution in [3.8, 4) is 22.3 Å². The third kappa shape index (κ3) is 2.39. The molecule has 0 spiro atoms. The fourth-order valence-electron chi connectivity index (χ4n) is 3.60. The lowest BCUT2D eigenvalue weighted by Gasteiger charge is -2.04. The molecule has 0 amide bonds. The maximum atomic E-state index is 6.02. The largest absolute Gasteiger partial charge is 0.399 e. The van der Waals surface area contributed by atoms with Crippen LogP contribution in [0.25, 0.3) is 42.4 Å². The summed E-state index contributed by atoms with van der Waals surface area (Å²) in [5, 5.41) is 2.62. The van der Waals surface area contributed by atoms with E-state index in [1.165, 1.54) is 42.4 Å². The summed E-state index contributed by atoms with van der Waals surface area (Å²) in [4.78, 5) is 0. The van der Waals surface area contributed by atoms with Gasteiger partial charge >= 0.3 is 0 Å². The predicted molar refractivity (Wildman–Crippen MR) is 115 cm³/mol. The van der Waals surface area contributed by atoms with Gasteiger partial charge in [-0.3, -0.25) is 0 Å². The van der Waals surface area contributed by atoms with Gasteiger partial charge in [-0.05, 0) is 34.4 Å². The van der Waals surface area contributed by atoms with Crippen molar-refractivity contribution >= 4 is 37.2 Å². The molecule has 0 aliphatic heterocycles. The van der Waals surface area contributed by atoms with E-state index in [4.69, 9.17) is 5.73 Å². The number of thiophene rings is 1. The Morgan fingerprint density at radius 1 is 0.538 bits per heavy atom. The average Bonchev–Trinajstić information content (AvgIpc) is 3.07. The first-order valence-electron chi connectivity index (χ1n) is 8.67. The molecule has 2 N–H and O–H groups in total. The van der Waals surface area contributed by atoms with Crippen LogP contribution in [0.2, 0.25) is 0 Å². The first-order valence-corrected chi connectivity index (χ1v) is 9.48. The van der Waals surface area contributed by atoms with Gasteiger partial charge in [-0.25, -0.2) is 0 Å². The molecule has 0 radical (unpaired) electrons. The average molecular weight is 351 g/mol. The van der Waals surface area contributed by atoms with Crippen molar-refractivity contribution in [2.75, 3.05) is 5.73 Å². The molecule has 0 saturated carbocycles.